The van der Waals surface area contributed by atoms with E-state index in [1.54, 1.807) is 36.3 Å². The summed E-state index contributed by atoms with van der Waals surface area (Å²) < 4.78 is 0. The number of amides is 2. The standard InChI is InChI=1S/C15H15Cl2N3O/c1-20(9-7-12-4-2-3-8-18-12)15(21)19-14-6-5-11(16)10-13(14)17/h2-6,8,10H,7,9H2,1H3,(H,19,21). The monoisotopic (exact) mass is 323 g/mol. The predicted molar refractivity (Wildman–Crippen MR) is 86.1 cm³/mol. The molecule has 1 N–H and O–H groups in total. The van der Waals surface area contributed by atoms with Crippen molar-refractivity contribution >= 4 is 34.9 Å². The van der Waals surface area contributed by atoms with Crippen molar-refractivity contribution in [3.63, 3.8) is 0 Å². The maximum Gasteiger partial charge on any atom is 0.321 e. The highest BCUT2D eigenvalue weighted by molar-refractivity contribution is 6.36. The molecule has 1 aromatic heterocycles. The number of pyridine rings is 1. The molecule has 1 heterocycles. The molecule has 0 aliphatic rings. The number of nitrogens with one attached hydrogen (secondary N) is 1. The van der Waals surface area contributed by atoms with E-state index in [0.29, 0.717) is 28.7 Å². The summed E-state index contributed by atoms with van der Waals surface area (Å²) in [4.78, 5) is 17.9. The molecule has 0 fully saturated rings. The first-order valence-electron chi connectivity index (χ1n) is 6.43. The van der Waals surface area contributed by atoms with Gasteiger partial charge in [0.1, 0.15) is 0 Å². The molecular formula is C15H15Cl2N3O. The molecule has 4 nitrogen and oxygen atoms in total. The van der Waals surface area contributed by atoms with Crippen LogP contribution in [0.2, 0.25) is 10.0 Å². The Hall–Kier alpha value is -1.78. The molecule has 110 valence electrons. The third kappa shape index (κ3) is 4.62. The summed E-state index contributed by atoms with van der Waals surface area (Å²) in [7, 11) is 1.72. The normalized spacial score (nSPS) is 10.2. The van der Waals surface area contributed by atoms with Gasteiger partial charge in [0.25, 0.3) is 0 Å². The van der Waals surface area contributed by atoms with Crippen LogP contribution in [0.4, 0.5) is 10.5 Å². The molecule has 21 heavy (non-hydrogen) atoms. The van der Waals surface area contributed by atoms with Crippen molar-refractivity contribution in [1.82, 2.24) is 9.88 Å². The molecule has 0 saturated carbocycles. The van der Waals surface area contributed by atoms with E-state index in [1.807, 2.05) is 18.2 Å². The second-order valence-electron chi connectivity index (χ2n) is 4.55. The van der Waals surface area contributed by atoms with Crippen molar-refractivity contribution in [3.05, 3.63) is 58.3 Å². The zero-order chi connectivity index (χ0) is 15.2. The number of aromatic nitrogens is 1. The van der Waals surface area contributed by atoms with Crippen LogP contribution in [-0.4, -0.2) is 29.5 Å². The maximum atomic E-state index is 12.1. The van der Waals surface area contributed by atoms with Crippen LogP contribution in [0.15, 0.2) is 42.6 Å². The van der Waals surface area contributed by atoms with Gasteiger partial charge in [-0.05, 0) is 30.3 Å². The molecular weight excluding hydrogens is 309 g/mol. The van der Waals surface area contributed by atoms with E-state index in [9.17, 15) is 4.79 Å². The lowest BCUT2D eigenvalue weighted by Crippen LogP contribution is -2.33. The lowest BCUT2D eigenvalue weighted by molar-refractivity contribution is 0.223. The number of carbonyl (C=O) groups is 1. The van der Waals surface area contributed by atoms with Gasteiger partial charge in [0.05, 0.1) is 10.7 Å². The summed E-state index contributed by atoms with van der Waals surface area (Å²) in [5.74, 6) is 0. The van der Waals surface area contributed by atoms with E-state index in [2.05, 4.69) is 10.3 Å². The second kappa shape index (κ2) is 7.29. The van der Waals surface area contributed by atoms with Crippen molar-refractivity contribution in [2.45, 2.75) is 6.42 Å². The molecule has 6 heteroatoms. The molecule has 2 amide bonds. The van der Waals surface area contributed by atoms with Gasteiger partial charge in [0.2, 0.25) is 0 Å². The van der Waals surface area contributed by atoms with E-state index in [4.69, 9.17) is 23.2 Å². The van der Waals surface area contributed by atoms with Gasteiger partial charge < -0.3 is 10.2 Å². The Labute approximate surface area is 133 Å². The van der Waals surface area contributed by atoms with Gasteiger partial charge in [-0.25, -0.2) is 4.79 Å². The van der Waals surface area contributed by atoms with Crippen molar-refractivity contribution in [2.24, 2.45) is 0 Å². The minimum atomic E-state index is -0.227. The van der Waals surface area contributed by atoms with Gasteiger partial charge in [0, 0.05) is 36.9 Å². The van der Waals surface area contributed by atoms with Crippen LogP contribution in [0.1, 0.15) is 5.69 Å². The van der Waals surface area contributed by atoms with Gasteiger partial charge in [-0.2, -0.15) is 0 Å². The van der Waals surface area contributed by atoms with Crippen LogP contribution in [-0.2, 0) is 6.42 Å². The maximum absolute atomic E-state index is 12.1. The number of hydrogen-bond acceptors (Lipinski definition) is 2. The molecule has 2 rings (SSSR count). The van der Waals surface area contributed by atoms with Crippen molar-refractivity contribution in [1.29, 1.82) is 0 Å². The number of anilines is 1. The first-order valence-corrected chi connectivity index (χ1v) is 7.19. The molecule has 0 spiro atoms. The van der Waals surface area contributed by atoms with Gasteiger partial charge in [-0.15, -0.1) is 0 Å². The first kappa shape index (κ1) is 15.6. The lowest BCUT2D eigenvalue weighted by atomic mass is 10.2. The van der Waals surface area contributed by atoms with E-state index in [0.717, 1.165) is 5.69 Å². The Kier molecular flexibility index (Phi) is 5.42. The Morgan fingerprint density at radius 2 is 2.10 bits per heavy atom. The number of likely N-dealkylation sites (N-methyl/N-ethyl adjacent to an activating group) is 1. The zero-order valence-corrected chi connectivity index (χ0v) is 13.0. The average Bonchev–Trinajstić information content (AvgIpc) is 2.48. The summed E-state index contributed by atoms with van der Waals surface area (Å²) in [5, 5.41) is 3.69. The number of rotatable bonds is 4. The zero-order valence-electron chi connectivity index (χ0n) is 11.5. The lowest BCUT2D eigenvalue weighted by Gasteiger charge is -2.18. The van der Waals surface area contributed by atoms with Crippen LogP contribution in [0.5, 0.6) is 0 Å². The molecule has 0 radical (unpaired) electrons. The van der Waals surface area contributed by atoms with Crippen LogP contribution in [0.25, 0.3) is 0 Å². The highest BCUT2D eigenvalue weighted by Crippen LogP contribution is 2.25. The molecule has 0 bridgehead atoms. The second-order valence-corrected chi connectivity index (χ2v) is 5.39. The van der Waals surface area contributed by atoms with Gasteiger partial charge >= 0.3 is 6.03 Å². The van der Waals surface area contributed by atoms with Gasteiger partial charge in [-0.1, -0.05) is 29.3 Å². The smallest absolute Gasteiger partial charge is 0.321 e. The Morgan fingerprint density at radius 3 is 2.76 bits per heavy atom. The minimum Gasteiger partial charge on any atom is -0.327 e. The van der Waals surface area contributed by atoms with E-state index in [-0.39, 0.29) is 6.03 Å². The van der Waals surface area contributed by atoms with Crippen LogP contribution >= 0.6 is 23.2 Å². The van der Waals surface area contributed by atoms with Gasteiger partial charge in [-0.3, -0.25) is 4.98 Å². The predicted octanol–water partition coefficient (Wildman–Crippen LogP) is 4.09. The molecule has 1 aromatic carbocycles. The van der Waals surface area contributed by atoms with Gasteiger partial charge in [0.15, 0.2) is 0 Å². The molecule has 0 saturated heterocycles. The van der Waals surface area contributed by atoms with Crippen molar-refractivity contribution in [3.8, 4) is 0 Å². The average molecular weight is 324 g/mol. The SMILES string of the molecule is CN(CCc1ccccn1)C(=O)Nc1ccc(Cl)cc1Cl. The highest BCUT2D eigenvalue weighted by atomic mass is 35.5. The molecule has 2 aromatic rings. The quantitative estimate of drug-likeness (QED) is 0.920. The third-order valence-corrected chi connectivity index (χ3v) is 3.50. The topological polar surface area (TPSA) is 45.2 Å². The van der Waals surface area contributed by atoms with E-state index < -0.39 is 0 Å². The fourth-order valence-electron chi connectivity index (χ4n) is 1.73. The summed E-state index contributed by atoms with van der Waals surface area (Å²) in [5.41, 5.74) is 1.48. The number of urea groups is 1. The van der Waals surface area contributed by atoms with Crippen LogP contribution in [0.3, 0.4) is 0 Å². The van der Waals surface area contributed by atoms with Crippen molar-refractivity contribution in [2.75, 3.05) is 18.9 Å². The molecule has 0 aliphatic heterocycles. The number of hydrogen-bond donors (Lipinski definition) is 1. The first-order chi connectivity index (χ1) is 10.1. The Morgan fingerprint density at radius 1 is 1.29 bits per heavy atom. The van der Waals surface area contributed by atoms with Crippen molar-refractivity contribution < 1.29 is 4.79 Å². The summed E-state index contributed by atoms with van der Waals surface area (Å²) in [6.45, 7) is 0.564. The fraction of sp³-hybridized carbons (Fsp3) is 0.200. The minimum absolute atomic E-state index is 0.227. The van der Waals surface area contributed by atoms with Crippen LogP contribution < -0.4 is 5.32 Å². The molecule has 0 atom stereocenters. The number of halogens is 2. The molecule has 0 unspecified atom stereocenters. The summed E-state index contributed by atoms with van der Waals surface area (Å²) in [6, 6.07) is 10.4. The largest absolute Gasteiger partial charge is 0.327 e. The Bertz CT molecular complexity index is 620. The van der Waals surface area contributed by atoms with E-state index >= 15 is 0 Å². The fourth-order valence-corrected chi connectivity index (χ4v) is 2.19. The van der Waals surface area contributed by atoms with Crippen LogP contribution in [0, 0.1) is 0 Å². The Balaban J connectivity index is 1.90. The number of benzene rings is 1. The third-order valence-electron chi connectivity index (χ3n) is 2.95. The summed E-state index contributed by atoms with van der Waals surface area (Å²) >= 11 is 11.8. The van der Waals surface area contributed by atoms with E-state index in [1.165, 1.54) is 0 Å². The highest BCUT2D eigenvalue weighted by Gasteiger charge is 2.11. The summed E-state index contributed by atoms with van der Waals surface area (Å²) in [6.07, 6.45) is 2.43. The number of nitrogens with zero attached hydrogens (tertiary/aromatic N) is 2. The molecule has 0 aliphatic carbocycles. The number of carbonyl (C=O) groups excluding carboxylic acids is 1.